The van der Waals surface area contributed by atoms with Crippen molar-refractivity contribution in [1.29, 1.82) is 0 Å². The Morgan fingerprint density at radius 1 is 1.25 bits per heavy atom. The van der Waals surface area contributed by atoms with Gasteiger partial charge in [0.1, 0.15) is 12.4 Å². The zero-order valence-corrected chi connectivity index (χ0v) is 12.7. The fraction of sp³-hybridized carbons (Fsp3) is 0.0714. The molecular weight excluding hydrogens is 344 g/mol. The molecule has 0 aliphatic rings. The summed E-state index contributed by atoms with van der Waals surface area (Å²) >= 11 is 9.42. The molecule has 0 aliphatic heterocycles. The van der Waals surface area contributed by atoms with Crippen LogP contribution in [0.25, 0.3) is 0 Å². The van der Waals surface area contributed by atoms with Crippen LogP contribution in [-0.2, 0) is 6.61 Å². The summed E-state index contributed by atoms with van der Waals surface area (Å²) in [5, 5.41) is 11.9. The summed E-state index contributed by atoms with van der Waals surface area (Å²) < 4.78 is 6.66. The Bertz CT molecular complexity index is 630. The molecule has 0 amide bonds. The van der Waals surface area contributed by atoms with E-state index in [1.165, 1.54) is 0 Å². The molecule has 0 radical (unpaired) electrons. The van der Waals surface area contributed by atoms with Crippen LogP contribution in [0.1, 0.15) is 11.1 Å². The lowest BCUT2D eigenvalue weighted by molar-refractivity contribution is 0.306. The van der Waals surface area contributed by atoms with Gasteiger partial charge in [0.2, 0.25) is 0 Å². The quantitative estimate of drug-likeness (QED) is 0.379. The molecule has 0 saturated heterocycles. The number of amidine groups is 1. The van der Waals surface area contributed by atoms with Gasteiger partial charge in [0, 0.05) is 10.0 Å². The molecular formula is C14H12BrClN2O2. The summed E-state index contributed by atoms with van der Waals surface area (Å²) in [6.07, 6.45) is 0. The maximum absolute atomic E-state index is 8.63. The van der Waals surface area contributed by atoms with Crippen LogP contribution in [0.4, 0.5) is 0 Å². The molecule has 0 aromatic heterocycles. The molecule has 20 heavy (non-hydrogen) atoms. The monoisotopic (exact) mass is 354 g/mol. The normalized spacial score (nSPS) is 11.4. The number of hydrogen-bond acceptors (Lipinski definition) is 3. The summed E-state index contributed by atoms with van der Waals surface area (Å²) in [6, 6.07) is 12.8. The number of nitrogens with two attached hydrogens (primary N) is 1. The summed E-state index contributed by atoms with van der Waals surface area (Å²) in [5.74, 6) is 0.585. The third kappa shape index (κ3) is 3.65. The van der Waals surface area contributed by atoms with Crippen LogP contribution in [0.15, 0.2) is 52.1 Å². The van der Waals surface area contributed by atoms with E-state index in [1.54, 1.807) is 18.2 Å². The smallest absolute Gasteiger partial charge is 0.171 e. The van der Waals surface area contributed by atoms with Crippen LogP contribution in [-0.4, -0.2) is 11.0 Å². The molecule has 3 N–H and O–H groups in total. The van der Waals surface area contributed by atoms with Crippen molar-refractivity contribution >= 4 is 33.4 Å². The van der Waals surface area contributed by atoms with E-state index in [1.807, 2.05) is 24.3 Å². The van der Waals surface area contributed by atoms with E-state index in [0.29, 0.717) is 22.9 Å². The highest BCUT2D eigenvalue weighted by Crippen LogP contribution is 2.23. The second-order valence-electron chi connectivity index (χ2n) is 4.04. The Morgan fingerprint density at radius 3 is 2.55 bits per heavy atom. The van der Waals surface area contributed by atoms with Crippen LogP contribution < -0.4 is 10.5 Å². The maximum atomic E-state index is 8.63. The molecule has 104 valence electrons. The van der Waals surface area contributed by atoms with Crippen molar-refractivity contribution in [1.82, 2.24) is 0 Å². The van der Waals surface area contributed by atoms with Crippen LogP contribution in [0.2, 0.25) is 5.02 Å². The first-order valence-corrected chi connectivity index (χ1v) is 6.92. The summed E-state index contributed by atoms with van der Waals surface area (Å²) in [4.78, 5) is 0. The van der Waals surface area contributed by atoms with E-state index in [0.717, 1.165) is 10.0 Å². The van der Waals surface area contributed by atoms with Gasteiger partial charge in [-0.1, -0.05) is 44.8 Å². The predicted octanol–water partition coefficient (Wildman–Crippen LogP) is 3.78. The van der Waals surface area contributed by atoms with Gasteiger partial charge in [-0.05, 0) is 35.9 Å². The van der Waals surface area contributed by atoms with E-state index in [-0.39, 0.29) is 5.84 Å². The fourth-order valence-corrected chi connectivity index (χ4v) is 2.13. The van der Waals surface area contributed by atoms with Gasteiger partial charge in [0.25, 0.3) is 0 Å². The van der Waals surface area contributed by atoms with Crippen LogP contribution >= 0.6 is 27.5 Å². The van der Waals surface area contributed by atoms with Gasteiger partial charge in [-0.25, -0.2) is 0 Å². The lowest BCUT2D eigenvalue weighted by Gasteiger charge is -2.08. The molecule has 4 nitrogen and oxygen atoms in total. The second-order valence-corrected chi connectivity index (χ2v) is 5.36. The first-order valence-electron chi connectivity index (χ1n) is 5.75. The van der Waals surface area contributed by atoms with Gasteiger partial charge in [-0.15, -0.1) is 0 Å². The number of nitrogens with zero attached hydrogens (tertiary/aromatic N) is 1. The number of hydrogen-bond donors (Lipinski definition) is 2. The molecule has 0 aliphatic carbocycles. The van der Waals surface area contributed by atoms with E-state index < -0.39 is 0 Å². The SMILES string of the molecule is N/C(=N/O)c1ccc(OCc2ccc(Br)cc2)cc1Cl. The minimum Gasteiger partial charge on any atom is -0.489 e. The van der Waals surface area contributed by atoms with Gasteiger partial charge in [0.05, 0.1) is 5.02 Å². The highest BCUT2D eigenvalue weighted by molar-refractivity contribution is 9.10. The Balaban J connectivity index is 2.07. The van der Waals surface area contributed by atoms with Gasteiger partial charge < -0.3 is 15.7 Å². The maximum Gasteiger partial charge on any atom is 0.171 e. The van der Waals surface area contributed by atoms with Gasteiger partial charge in [-0.3, -0.25) is 0 Å². The largest absolute Gasteiger partial charge is 0.489 e. The summed E-state index contributed by atoms with van der Waals surface area (Å²) in [7, 11) is 0. The molecule has 0 spiro atoms. The summed E-state index contributed by atoms with van der Waals surface area (Å²) in [6.45, 7) is 0.437. The zero-order chi connectivity index (χ0) is 14.5. The van der Waals surface area contributed by atoms with E-state index in [9.17, 15) is 0 Å². The molecule has 0 atom stereocenters. The van der Waals surface area contributed by atoms with Gasteiger partial charge in [0.15, 0.2) is 5.84 Å². The van der Waals surface area contributed by atoms with Crippen molar-refractivity contribution in [2.75, 3.05) is 0 Å². The lowest BCUT2D eigenvalue weighted by atomic mass is 10.2. The number of benzene rings is 2. The van der Waals surface area contributed by atoms with Crippen molar-refractivity contribution in [3.8, 4) is 5.75 Å². The van der Waals surface area contributed by atoms with Crippen molar-refractivity contribution < 1.29 is 9.94 Å². The minimum atomic E-state index is -0.0329. The third-order valence-corrected chi connectivity index (χ3v) is 3.48. The minimum absolute atomic E-state index is 0.0329. The van der Waals surface area contributed by atoms with E-state index in [2.05, 4.69) is 21.1 Å². The molecule has 0 heterocycles. The topological polar surface area (TPSA) is 67.8 Å². The number of ether oxygens (including phenoxy) is 1. The van der Waals surface area contributed by atoms with Crippen molar-refractivity contribution in [3.05, 3.63) is 63.1 Å². The molecule has 2 aromatic carbocycles. The van der Waals surface area contributed by atoms with Crippen molar-refractivity contribution in [3.63, 3.8) is 0 Å². The van der Waals surface area contributed by atoms with Crippen molar-refractivity contribution in [2.45, 2.75) is 6.61 Å². The van der Waals surface area contributed by atoms with Crippen molar-refractivity contribution in [2.24, 2.45) is 10.9 Å². The van der Waals surface area contributed by atoms with Gasteiger partial charge in [-0.2, -0.15) is 0 Å². The average molecular weight is 356 g/mol. The number of oxime groups is 1. The molecule has 2 aromatic rings. The molecule has 0 unspecified atom stereocenters. The van der Waals surface area contributed by atoms with E-state index >= 15 is 0 Å². The standard InChI is InChI=1S/C14H12BrClN2O2/c15-10-3-1-9(2-4-10)8-20-11-5-6-12(13(16)7-11)14(17)18-19/h1-7,19H,8H2,(H2,17,18). The highest BCUT2D eigenvalue weighted by Gasteiger charge is 2.07. The lowest BCUT2D eigenvalue weighted by Crippen LogP contribution is -2.13. The Labute approximate surface area is 129 Å². The summed E-state index contributed by atoms with van der Waals surface area (Å²) in [5.41, 5.74) is 7.00. The fourth-order valence-electron chi connectivity index (χ4n) is 1.59. The highest BCUT2D eigenvalue weighted by atomic mass is 79.9. The number of halogens is 2. The van der Waals surface area contributed by atoms with Crippen LogP contribution in [0.3, 0.4) is 0 Å². The Hall–Kier alpha value is -1.72. The first kappa shape index (κ1) is 14.7. The number of rotatable bonds is 4. The predicted molar refractivity (Wildman–Crippen MR) is 82.4 cm³/mol. The van der Waals surface area contributed by atoms with Crippen LogP contribution in [0.5, 0.6) is 5.75 Å². The Morgan fingerprint density at radius 2 is 1.95 bits per heavy atom. The van der Waals surface area contributed by atoms with Gasteiger partial charge >= 0.3 is 0 Å². The molecule has 0 saturated carbocycles. The second kappa shape index (κ2) is 6.63. The zero-order valence-electron chi connectivity index (χ0n) is 10.4. The molecule has 0 fully saturated rings. The van der Waals surface area contributed by atoms with Crippen LogP contribution in [0, 0.1) is 0 Å². The third-order valence-electron chi connectivity index (χ3n) is 2.64. The first-order chi connectivity index (χ1) is 9.60. The molecule has 2 rings (SSSR count). The molecule has 6 heteroatoms. The molecule has 0 bridgehead atoms. The Kier molecular flexibility index (Phi) is 4.87. The average Bonchev–Trinajstić information content (AvgIpc) is 2.46. The van der Waals surface area contributed by atoms with E-state index in [4.69, 9.17) is 27.3 Å².